The molecule has 0 atom stereocenters. The Morgan fingerprint density at radius 2 is 1.33 bits per heavy atom. The van der Waals surface area contributed by atoms with Crippen molar-refractivity contribution in [1.29, 1.82) is 0 Å². The fourth-order valence-electron chi connectivity index (χ4n) is 1.96. The maximum atomic E-state index is 11.5. The van der Waals surface area contributed by atoms with Gasteiger partial charge in [0.15, 0.2) is 0 Å². The van der Waals surface area contributed by atoms with Crippen LogP contribution in [0.2, 0.25) is 0 Å². The molecule has 6 nitrogen and oxygen atoms in total. The highest BCUT2D eigenvalue weighted by molar-refractivity contribution is 5.77. The van der Waals surface area contributed by atoms with Gasteiger partial charge in [0, 0.05) is 25.7 Å². The molecule has 0 aliphatic rings. The van der Waals surface area contributed by atoms with Gasteiger partial charge in [-0.25, -0.2) is 0 Å². The summed E-state index contributed by atoms with van der Waals surface area (Å²) >= 11 is 0. The zero-order valence-electron chi connectivity index (χ0n) is 13.9. The number of hydrogen-bond donors (Lipinski definition) is 0. The molecule has 0 N–H and O–H groups in total. The van der Waals surface area contributed by atoms with E-state index in [-0.39, 0.29) is 25.4 Å². The van der Waals surface area contributed by atoms with Crippen molar-refractivity contribution in [3.8, 4) is 0 Å². The molecular formula is C15H29NO5. The first kappa shape index (κ1) is 19.9. The second kappa shape index (κ2) is 11.5. The van der Waals surface area contributed by atoms with Crippen molar-refractivity contribution in [2.75, 3.05) is 33.5 Å². The summed E-state index contributed by atoms with van der Waals surface area (Å²) in [5.41, 5.74) is 0. The van der Waals surface area contributed by atoms with Crippen LogP contribution in [0.5, 0.6) is 0 Å². The lowest BCUT2D eigenvalue weighted by atomic mass is 10.2. The van der Waals surface area contributed by atoms with Gasteiger partial charge in [0.1, 0.15) is 13.2 Å². The van der Waals surface area contributed by atoms with E-state index in [1.807, 2.05) is 0 Å². The number of carbonyl (C=O) groups excluding carboxylic acids is 2. The summed E-state index contributed by atoms with van der Waals surface area (Å²) in [6.45, 7) is 10.0. The zero-order valence-corrected chi connectivity index (χ0v) is 13.9. The molecule has 0 saturated heterocycles. The zero-order chi connectivity index (χ0) is 16.3. The molecule has 0 heterocycles. The predicted molar refractivity (Wildman–Crippen MR) is 80.0 cm³/mol. The third kappa shape index (κ3) is 10.3. The molecule has 124 valence electrons. The number of methoxy groups -OCH3 is 1. The number of esters is 2. The van der Waals surface area contributed by atoms with Gasteiger partial charge in [-0.3, -0.25) is 14.5 Å². The van der Waals surface area contributed by atoms with E-state index in [4.69, 9.17) is 14.2 Å². The van der Waals surface area contributed by atoms with Gasteiger partial charge < -0.3 is 14.2 Å². The number of carbonyl (C=O) groups is 2. The Bertz CT molecular complexity index is 296. The van der Waals surface area contributed by atoms with Crippen molar-refractivity contribution in [1.82, 2.24) is 4.90 Å². The summed E-state index contributed by atoms with van der Waals surface area (Å²) < 4.78 is 14.8. The first-order chi connectivity index (χ1) is 9.88. The SMILES string of the molecule is COCCOC(=O)CCC(=O)OCCN(C(C)C)C(C)C. The smallest absolute Gasteiger partial charge is 0.306 e. The molecule has 0 amide bonds. The molecule has 0 aromatic rings. The van der Waals surface area contributed by atoms with Gasteiger partial charge in [0.05, 0.1) is 19.4 Å². The van der Waals surface area contributed by atoms with Crippen molar-refractivity contribution in [2.45, 2.75) is 52.6 Å². The van der Waals surface area contributed by atoms with Crippen molar-refractivity contribution in [3.05, 3.63) is 0 Å². The fraction of sp³-hybridized carbons (Fsp3) is 0.867. The fourth-order valence-corrected chi connectivity index (χ4v) is 1.96. The second-order valence-electron chi connectivity index (χ2n) is 5.36. The molecule has 0 aromatic carbocycles. The van der Waals surface area contributed by atoms with Crippen LogP contribution in [-0.2, 0) is 23.8 Å². The molecule has 0 rings (SSSR count). The van der Waals surface area contributed by atoms with Gasteiger partial charge >= 0.3 is 11.9 Å². The monoisotopic (exact) mass is 303 g/mol. The Morgan fingerprint density at radius 1 is 0.857 bits per heavy atom. The maximum absolute atomic E-state index is 11.5. The average molecular weight is 303 g/mol. The van der Waals surface area contributed by atoms with Crippen LogP contribution in [-0.4, -0.2) is 62.4 Å². The highest BCUT2D eigenvalue weighted by Crippen LogP contribution is 2.04. The second-order valence-corrected chi connectivity index (χ2v) is 5.36. The van der Waals surface area contributed by atoms with Crippen molar-refractivity contribution < 1.29 is 23.8 Å². The van der Waals surface area contributed by atoms with E-state index in [2.05, 4.69) is 32.6 Å². The molecule has 6 heteroatoms. The Balaban J connectivity index is 3.78. The number of nitrogens with zero attached hydrogens (tertiary/aromatic N) is 1. The maximum Gasteiger partial charge on any atom is 0.306 e. The van der Waals surface area contributed by atoms with E-state index in [1.165, 1.54) is 7.11 Å². The van der Waals surface area contributed by atoms with E-state index in [0.29, 0.717) is 31.8 Å². The minimum absolute atomic E-state index is 0.0423. The Labute approximate surface area is 127 Å². The molecular weight excluding hydrogens is 274 g/mol. The van der Waals surface area contributed by atoms with Crippen molar-refractivity contribution in [3.63, 3.8) is 0 Å². The summed E-state index contributed by atoms with van der Waals surface area (Å²) in [4.78, 5) is 25.1. The summed E-state index contributed by atoms with van der Waals surface area (Å²) in [7, 11) is 1.53. The van der Waals surface area contributed by atoms with Crippen LogP contribution in [0.25, 0.3) is 0 Å². The molecule has 0 spiro atoms. The largest absolute Gasteiger partial charge is 0.464 e. The molecule has 21 heavy (non-hydrogen) atoms. The molecule has 0 aliphatic carbocycles. The minimum atomic E-state index is -0.407. The van der Waals surface area contributed by atoms with Crippen LogP contribution in [0.1, 0.15) is 40.5 Å². The Hall–Kier alpha value is -1.14. The summed E-state index contributed by atoms with van der Waals surface area (Å²) in [5.74, 6) is -0.777. The van der Waals surface area contributed by atoms with Gasteiger partial charge in [-0.15, -0.1) is 0 Å². The molecule has 0 radical (unpaired) electrons. The van der Waals surface area contributed by atoms with E-state index in [1.54, 1.807) is 0 Å². The number of rotatable bonds is 11. The lowest BCUT2D eigenvalue weighted by Crippen LogP contribution is -2.39. The van der Waals surface area contributed by atoms with E-state index < -0.39 is 5.97 Å². The van der Waals surface area contributed by atoms with Crippen LogP contribution in [0.15, 0.2) is 0 Å². The quantitative estimate of drug-likeness (QED) is 0.427. The highest BCUT2D eigenvalue weighted by Gasteiger charge is 2.14. The molecule has 0 bridgehead atoms. The summed E-state index contributed by atoms with van der Waals surface area (Å²) in [6, 6.07) is 0.805. The van der Waals surface area contributed by atoms with Crippen LogP contribution in [0, 0.1) is 0 Å². The number of hydrogen-bond acceptors (Lipinski definition) is 6. The molecule has 0 aromatic heterocycles. The molecule has 0 unspecified atom stereocenters. The van der Waals surface area contributed by atoms with Gasteiger partial charge in [0.2, 0.25) is 0 Å². The minimum Gasteiger partial charge on any atom is -0.464 e. The third-order valence-electron chi connectivity index (χ3n) is 3.02. The predicted octanol–water partition coefficient (Wildman–Crippen LogP) is 1.62. The first-order valence-corrected chi connectivity index (χ1v) is 7.44. The van der Waals surface area contributed by atoms with Crippen LogP contribution in [0.3, 0.4) is 0 Å². The van der Waals surface area contributed by atoms with E-state index in [0.717, 1.165) is 0 Å². The molecule has 0 fully saturated rings. The van der Waals surface area contributed by atoms with E-state index in [9.17, 15) is 9.59 Å². The van der Waals surface area contributed by atoms with Crippen molar-refractivity contribution >= 4 is 11.9 Å². The van der Waals surface area contributed by atoms with Crippen molar-refractivity contribution in [2.24, 2.45) is 0 Å². The van der Waals surface area contributed by atoms with Crippen LogP contribution in [0.4, 0.5) is 0 Å². The first-order valence-electron chi connectivity index (χ1n) is 7.44. The molecule has 0 aliphatic heterocycles. The average Bonchev–Trinajstić information content (AvgIpc) is 2.40. The topological polar surface area (TPSA) is 65.1 Å². The standard InChI is InChI=1S/C15H29NO5/c1-12(2)16(13(3)4)8-9-20-14(17)6-7-15(18)21-11-10-19-5/h12-13H,6-11H2,1-5H3. The summed E-state index contributed by atoms with van der Waals surface area (Å²) in [6.07, 6.45) is 0.0931. The van der Waals surface area contributed by atoms with E-state index >= 15 is 0 Å². The van der Waals surface area contributed by atoms with Gasteiger partial charge in [-0.1, -0.05) is 0 Å². The van der Waals surface area contributed by atoms with Crippen LogP contribution < -0.4 is 0 Å². The highest BCUT2D eigenvalue weighted by atomic mass is 16.6. The van der Waals surface area contributed by atoms with Gasteiger partial charge in [-0.05, 0) is 27.7 Å². The lowest BCUT2D eigenvalue weighted by Gasteiger charge is -2.30. The lowest BCUT2D eigenvalue weighted by molar-refractivity contribution is -0.151. The Kier molecular flexibility index (Phi) is 10.9. The van der Waals surface area contributed by atoms with Gasteiger partial charge in [0.25, 0.3) is 0 Å². The Morgan fingerprint density at radius 3 is 1.76 bits per heavy atom. The third-order valence-corrected chi connectivity index (χ3v) is 3.02. The van der Waals surface area contributed by atoms with Crippen LogP contribution >= 0.6 is 0 Å². The van der Waals surface area contributed by atoms with Gasteiger partial charge in [-0.2, -0.15) is 0 Å². The summed E-state index contributed by atoms with van der Waals surface area (Å²) in [5, 5.41) is 0. The number of ether oxygens (including phenoxy) is 3. The normalized spacial score (nSPS) is 11.2. The molecule has 0 saturated carbocycles.